The maximum atomic E-state index is 12.7. The molecular formula is C37H34N4O6. The van der Waals surface area contributed by atoms with Gasteiger partial charge in [0, 0.05) is 23.7 Å². The zero-order valence-electron chi connectivity index (χ0n) is 25.5. The molecule has 0 radical (unpaired) electrons. The number of amides is 3. The normalized spacial score (nSPS) is 15.7. The van der Waals surface area contributed by atoms with Crippen LogP contribution in [0.25, 0.3) is 10.8 Å². The Morgan fingerprint density at radius 1 is 0.745 bits per heavy atom. The van der Waals surface area contributed by atoms with Gasteiger partial charge in [0.1, 0.15) is 11.5 Å². The number of rotatable bonds is 10. The standard InChI is InChI=1S/C37H34N4O6/c42-34(40-33-10-4-3-9-31(33)36(43)44)22-24-12-21-35(38-23-24)47-29-19-17-28(18-20-29)46-27-15-13-26(14-16-27)39-37(45)41-32-11-5-7-25-6-1-2-8-30(25)32/h1-12,17-21,23,26-27H,13-16,22H2,(H,40,42)(H,43,44)(H2,39,41,45). The Morgan fingerprint density at radius 2 is 1.45 bits per heavy atom. The van der Waals surface area contributed by atoms with Crippen molar-refractivity contribution in [1.82, 2.24) is 10.3 Å². The lowest BCUT2D eigenvalue weighted by Gasteiger charge is -2.29. The fraction of sp³-hybridized carbons (Fsp3) is 0.189. The van der Waals surface area contributed by atoms with Crippen LogP contribution in [0.15, 0.2) is 109 Å². The highest BCUT2D eigenvalue weighted by Crippen LogP contribution is 2.28. The molecule has 1 fully saturated rings. The molecule has 10 heteroatoms. The maximum Gasteiger partial charge on any atom is 0.337 e. The van der Waals surface area contributed by atoms with Crippen LogP contribution in [0.2, 0.25) is 0 Å². The van der Waals surface area contributed by atoms with Crippen molar-refractivity contribution in [3.8, 4) is 17.4 Å². The monoisotopic (exact) mass is 630 g/mol. The van der Waals surface area contributed by atoms with E-state index in [0.29, 0.717) is 17.2 Å². The summed E-state index contributed by atoms with van der Waals surface area (Å²) < 4.78 is 12.1. The fourth-order valence-electron chi connectivity index (χ4n) is 5.64. The van der Waals surface area contributed by atoms with E-state index in [2.05, 4.69) is 20.9 Å². The van der Waals surface area contributed by atoms with Crippen LogP contribution in [0, 0.1) is 0 Å². The third-order valence-electron chi connectivity index (χ3n) is 7.99. The summed E-state index contributed by atoms with van der Waals surface area (Å²) >= 11 is 0. The molecule has 0 atom stereocenters. The predicted molar refractivity (Wildman–Crippen MR) is 179 cm³/mol. The topological polar surface area (TPSA) is 139 Å². The van der Waals surface area contributed by atoms with E-state index in [-0.39, 0.29) is 41.8 Å². The van der Waals surface area contributed by atoms with Gasteiger partial charge >= 0.3 is 12.0 Å². The van der Waals surface area contributed by atoms with Gasteiger partial charge in [0.05, 0.1) is 29.5 Å². The van der Waals surface area contributed by atoms with E-state index < -0.39 is 5.97 Å². The number of carbonyl (C=O) groups is 3. The zero-order valence-corrected chi connectivity index (χ0v) is 25.5. The van der Waals surface area contributed by atoms with E-state index in [9.17, 15) is 19.5 Å². The Kier molecular flexibility index (Phi) is 9.57. The number of hydrogen-bond donors (Lipinski definition) is 4. The van der Waals surface area contributed by atoms with Crippen LogP contribution in [0.5, 0.6) is 17.4 Å². The van der Waals surface area contributed by atoms with E-state index in [1.54, 1.807) is 36.5 Å². The van der Waals surface area contributed by atoms with Gasteiger partial charge in [-0.3, -0.25) is 4.79 Å². The Balaban J connectivity index is 0.931. The van der Waals surface area contributed by atoms with Gasteiger partial charge < -0.3 is 30.5 Å². The summed E-state index contributed by atoms with van der Waals surface area (Å²) in [4.78, 5) is 40.8. The number of benzene rings is 4. The Labute approximate surface area is 271 Å². The largest absolute Gasteiger partial charge is 0.490 e. The number of carboxylic acids is 1. The van der Waals surface area contributed by atoms with Crippen molar-refractivity contribution in [3.05, 3.63) is 120 Å². The first-order chi connectivity index (χ1) is 22.9. The van der Waals surface area contributed by atoms with Gasteiger partial charge in [0.2, 0.25) is 11.8 Å². The molecule has 4 N–H and O–H groups in total. The number of anilines is 2. The lowest BCUT2D eigenvalue weighted by Crippen LogP contribution is -2.41. The third kappa shape index (κ3) is 8.23. The number of carbonyl (C=O) groups excluding carboxylic acids is 2. The molecule has 0 spiro atoms. The number of aromatic carboxylic acids is 1. The van der Waals surface area contributed by atoms with Crippen molar-refractivity contribution in [2.45, 2.75) is 44.2 Å². The van der Waals surface area contributed by atoms with Crippen molar-refractivity contribution in [1.29, 1.82) is 0 Å². The molecule has 0 aliphatic heterocycles. The number of nitrogens with zero attached hydrogens (tertiary/aromatic N) is 1. The highest BCUT2D eigenvalue weighted by atomic mass is 16.5. The quantitative estimate of drug-likeness (QED) is 0.126. The number of hydrogen-bond acceptors (Lipinski definition) is 6. The summed E-state index contributed by atoms with van der Waals surface area (Å²) in [6.07, 6.45) is 4.96. The molecule has 0 unspecified atom stereocenters. The second-order valence-electron chi connectivity index (χ2n) is 11.4. The van der Waals surface area contributed by atoms with Gasteiger partial charge in [-0.15, -0.1) is 0 Å². The van der Waals surface area contributed by atoms with E-state index in [1.165, 1.54) is 6.07 Å². The molecule has 3 amide bonds. The maximum absolute atomic E-state index is 12.7. The molecule has 6 rings (SSSR count). The smallest absolute Gasteiger partial charge is 0.337 e. The van der Waals surface area contributed by atoms with Crippen LogP contribution >= 0.6 is 0 Å². The van der Waals surface area contributed by atoms with Crippen molar-refractivity contribution >= 4 is 40.1 Å². The average molecular weight is 631 g/mol. The minimum Gasteiger partial charge on any atom is -0.490 e. The molecule has 0 bridgehead atoms. The van der Waals surface area contributed by atoms with E-state index in [1.807, 2.05) is 66.7 Å². The van der Waals surface area contributed by atoms with Crippen molar-refractivity contribution in [3.63, 3.8) is 0 Å². The first-order valence-electron chi connectivity index (χ1n) is 15.5. The molecule has 238 valence electrons. The first kappa shape index (κ1) is 31.1. The molecule has 1 heterocycles. The lowest BCUT2D eigenvalue weighted by atomic mass is 9.93. The molecule has 5 aromatic rings. The van der Waals surface area contributed by atoms with Gasteiger partial charge in [-0.25, -0.2) is 14.6 Å². The van der Waals surface area contributed by atoms with E-state index in [4.69, 9.17) is 9.47 Å². The average Bonchev–Trinajstić information content (AvgIpc) is 3.08. The second-order valence-corrected chi connectivity index (χ2v) is 11.4. The highest BCUT2D eigenvalue weighted by molar-refractivity contribution is 6.02. The minimum atomic E-state index is -1.11. The number of carboxylic acid groups (broad SMARTS) is 1. The molecule has 1 aliphatic carbocycles. The summed E-state index contributed by atoms with van der Waals surface area (Å²) in [5.74, 6) is 0.234. The van der Waals surface area contributed by atoms with Crippen LogP contribution in [0.4, 0.5) is 16.2 Å². The molecule has 1 aromatic heterocycles. The van der Waals surface area contributed by atoms with Gasteiger partial charge in [0.15, 0.2) is 0 Å². The number of para-hydroxylation sites is 1. The van der Waals surface area contributed by atoms with Gasteiger partial charge in [0.25, 0.3) is 0 Å². The van der Waals surface area contributed by atoms with E-state index in [0.717, 1.165) is 47.9 Å². The number of ether oxygens (including phenoxy) is 2. The zero-order chi connectivity index (χ0) is 32.6. The van der Waals surface area contributed by atoms with Crippen LogP contribution in [0.1, 0.15) is 41.6 Å². The fourth-order valence-corrected chi connectivity index (χ4v) is 5.64. The molecule has 10 nitrogen and oxygen atoms in total. The molecule has 4 aromatic carbocycles. The molecule has 47 heavy (non-hydrogen) atoms. The molecule has 1 aliphatic rings. The first-order valence-corrected chi connectivity index (χ1v) is 15.5. The van der Waals surface area contributed by atoms with Crippen molar-refractivity contribution in [2.75, 3.05) is 10.6 Å². The summed E-state index contributed by atoms with van der Waals surface area (Å²) in [6.45, 7) is 0. The minimum absolute atomic E-state index is 0.0264. The summed E-state index contributed by atoms with van der Waals surface area (Å²) in [6, 6.07) is 30.7. The lowest BCUT2D eigenvalue weighted by molar-refractivity contribution is -0.115. The molecule has 0 saturated heterocycles. The number of nitrogens with one attached hydrogen (secondary N) is 3. The number of pyridine rings is 1. The molecule has 1 saturated carbocycles. The van der Waals surface area contributed by atoms with Gasteiger partial charge in [-0.05, 0) is 79.1 Å². The SMILES string of the molecule is O=C(Cc1ccc(Oc2ccc(OC3CCC(NC(=O)Nc4cccc5ccccc45)CC3)cc2)nc1)Nc1ccccc1C(=O)O. The Morgan fingerprint density at radius 3 is 2.21 bits per heavy atom. The van der Waals surface area contributed by atoms with Crippen LogP contribution in [-0.4, -0.2) is 40.1 Å². The third-order valence-corrected chi connectivity index (χ3v) is 7.99. The second kappa shape index (κ2) is 14.5. The summed E-state index contributed by atoms with van der Waals surface area (Å²) in [5, 5.41) is 20.1. The Bertz CT molecular complexity index is 1860. The molecular weight excluding hydrogens is 596 g/mol. The highest BCUT2D eigenvalue weighted by Gasteiger charge is 2.24. The van der Waals surface area contributed by atoms with Gasteiger partial charge in [-0.1, -0.05) is 54.6 Å². The number of aromatic nitrogens is 1. The number of fused-ring (bicyclic) bond motifs is 1. The van der Waals surface area contributed by atoms with Crippen molar-refractivity contribution < 1.29 is 29.0 Å². The van der Waals surface area contributed by atoms with Crippen LogP contribution < -0.4 is 25.4 Å². The van der Waals surface area contributed by atoms with Crippen LogP contribution in [0.3, 0.4) is 0 Å². The Hall–Kier alpha value is -5.90. The van der Waals surface area contributed by atoms with Gasteiger partial charge in [-0.2, -0.15) is 0 Å². The van der Waals surface area contributed by atoms with E-state index >= 15 is 0 Å². The summed E-state index contributed by atoms with van der Waals surface area (Å²) in [5.41, 5.74) is 1.72. The summed E-state index contributed by atoms with van der Waals surface area (Å²) in [7, 11) is 0. The van der Waals surface area contributed by atoms with Crippen LogP contribution in [-0.2, 0) is 11.2 Å². The van der Waals surface area contributed by atoms with Crippen molar-refractivity contribution in [2.24, 2.45) is 0 Å². The number of urea groups is 1. The predicted octanol–water partition coefficient (Wildman–Crippen LogP) is 7.42.